The molecule has 1 fully saturated rings. The molecule has 18 heavy (non-hydrogen) atoms. The third-order valence-corrected chi connectivity index (χ3v) is 2.96. The van der Waals surface area contributed by atoms with Crippen molar-refractivity contribution in [1.82, 2.24) is 4.98 Å². The molecule has 1 aliphatic carbocycles. The van der Waals surface area contributed by atoms with Crippen LogP contribution < -0.4 is 5.32 Å². The first-order valence-electron chi connectivity index (χ1n) is 5.22. The highest BCUT2D eigenvalue weighted by molar-refractivity contribution is 5.62. The predicted molar refractivity (Wildman–Crippen MR) is 57.3 cm³/mol. The molecule has 0 spiro atoms. The Labute approximate surface area is 100 Å². The van der Waals surface area contributed by atoms with Crippen molar-refractivity contribution >= 4 is 11.5 Å². The maximum atomic E-state index is 12.8. The number of halogens is 3. The normalized spacial score (nSPS) is 17.3. The first-order chi connectivity index (χ1) is 8.27. The van der Waals surface area contributed by atoms with Crippen LogP contribution >= 0.6 is 0 Å². The Kier molecular flexibility index (Phi) is 2.67. The minimum absolute atomic E-state index is 0.0940. The molecule has 1 aliphatic rings. The van der Waals surface area contributed by atoms with Gasteiger partial charge in [0.1, 0.15) is 5.54 Å². The fraction of sp³-hybridized carbons (Fsp3) is 0.500. The molecule has 1 aromatic heterocycles. The Morgan fingerprint density at radius 3 is 2.56 bits per heavy atom. The monoisotopic (exact) mass is 261 g/mol. The summed E-state index contributed by atoms with van der Waals surface area (Å²) >= 11 is 0. The van der Waals surface area contributed by atoms with E-state index in [0.29, 0.717) is 0 Å². The second kappa shape index (κ2) is 3.82. The Bertz CT molecular complexity index is 498. The van der Waals surface area contributed by atoms with E-state index >= 15 is 0 Å². The Hall–Kier alpha value is -1.86. The molecule has 0 aliphatic heterocycles. The summed E-state index contributed by atoms with van der Waals surface area (Å²) in [5, 5.41) is 13.0. The van der Waals surface area contributed by atoms with Crippen molar-refractivity contribution in [3.63, 3.8) is 0 Å². The number of aryl methyl sites for hydroxylation is 1. The number of hydrogen-bond acceptors (Lipinski definition) is 4. The van der Waals surface area contributed by atoms with Gasteiger partial charge in [0.2, 0.25) is 5.82 Å². The van der Waals surface area contributed by atoms with Crippen molar-refractivity contribution in [2.24, 2.45) is 0 Å². The van der Waals surface area contributed by atoms with Crippen LogP contribution in [-0.2, 0) is 0 Å². The molecule has 0 radical (unpaired) electrons. The summed E-state index contributed by atoms with van der Waals surface area (Å²) < 4.78 is 38.3. The maximum absolute atomic E-state index is 12.8. The van der Waals surface area contributed by atoms with Crippen molar-refractivity contribution in [1.29, 1.82) is 0 Å². The first kappa shape index (κ1) is 12.6. The van der Waals surface area contributed by atoms with E-state index in [0.717, 1.165) is 0 Å². The average molecular weight is 261 g/mol. The third kappa shape index (κ3) is 1.98. The molecular formula is C10H10F3N3O2. The maximum Gasteiger partial charge on any atom is 0.411 e. The van der Waals surface area contributed by atoms with E-state index < -0.39 is 22.3 Å². The van der Waals surface area contributed by atoms with E-state index in [4.69, 9.17) is 0 Å². The number of nitrogens with zero attached hydrogens (tertiary/aromatic N) is 2. The molecule has 1 aromatic rings. The molecular weight excluding hydrogens is 251 g/mol. The molecule has 1 saturated carbocycles. The molecule has 0 bridgehead atoms. The molecule has 0 atom stereocenters. The summed E-state index contributed by atoms with van der Waals surface area (Å²) in [4.78, 5) is 13.8. The summed E-state index contributed by atoms with van der Waals surface area (Å²) in [6.45, 7) is 1.46. The molecule has 1 N–H and O–H groups in total. The largest absolute Gasteiger partial charge is 0.411 e. The summed E-state index contributed by atoms with van der Waals surface area (Å²) in [6.07, 6.45) is -3.38. The minimum atomic E-state index is -4.44. The molecule has 0 amide bonds. The number of pyridine rings is 1. The molecule has 5 nitrogen and oxygen atoms in total. The van der Waals surface area contributed by atoms with E-state index in [2.05, 4.69) is 10.3 Å². The molecule has 0 unspecified atom stereocenters. The van der Waals surface area contributed by atoms with Gasteiger partial charge < -0.3 is 5.32 Å². The van der Waals surface area contributed by atoms with Crippen LogP contribution in [0.4, 0.5) is 24.7 Å². The van der Waals surface area contributed by atoms with Crippen LogP contribution in [0.2, 0.25) is 0 Å². The van der Waals surface area contributed by atoms with Crippen molar-refractivity contribution < 1.29 is 18.1 Å². The molecule has 8 heteroatoms. The van der Waals surface area contributed by atoms with Gasteiger partial charge in [0.05, 0.1) is 4.92 Å². The SMILES string of the molecule is Cc1ccnc(NC2(C(F)(F)F)CC2)c1[N+](=O)[O-]. The number of hydrogen-bond donors (Lipinski definition) is 1. The average Bonchev–Trinajstić information content (AvgIpc) is 2.97. The van der Waals surface area contributed by atoms with E-state index in [-0.39, 0.29) is 24.2 Å². The lowest BCUT2D eigenvalue weighted by Gasteiger charge is -2.21. The fourth-order valence-electron chi connectivity index (χ4n) is 1.70. The van der Waals surface area contributed by atoms with Crippen LogP contribution in [-0.4, -0.2) is 21.6 Å². The van der Waals surface area contributed by atoms with Gasteiger partial charge in [-0.3, -0.25) is 10.1 Å². The minimum Gasteiger partial charge on any atom is -0.350 e. The lowest BCUT2D eigenvalue weighted by Crippen LogP contribution is -2.39. The highest BCUT2D eigenvalue weighted by Crippen LogP contribution is 2.51. The van der Waals surface area contributed by atoms with Crippen molar-refractivity contribution in [2.75, 3.05) is 5.32 Å². The second-order valence-electron chi connectivity index (χ2n) is 4.29. The van der Waals surface area contributed by atoms with Crippen LogP contribution in [0, 0.1) is 17.0 Å². The predicted octanol–water partition coefficient (Wildman–Crippen LogP) is 2.81. The quantitative estimate of drug-likeness (QED) is 0.671. The van der Waals surface area contributed by atoms with Crippen LogP contribution in [0.15, 0.2) is 12.3 Å². The van der Waals surface area contributed by atoms with E-state index in [1.165, 1.54) is 19.2 Å². The number of nitrogens with one attached hydrogen (secondary N) is 1. The third-order valence-electron chi connectivity index (χ3n) is 2.96. The van der Waals surface area contributed by atoms with Gasteiger partial charge in [-0.1, -0.05) is 0 Å². The van der Waals surface area contributed by atoms with Gasteiger partial charge in [0.15, 0.2) is 0 Å². The standard InChI is InChI=1S/C10H10F3N3O2/c1-6-2-5-14-8(7(6)16(17)18)15-9(3-4-9)10(11,12)13/h2,5H,3-4H2,1H3,(H,14,15). The number of rotatable bonds is 3. The number of aromatic nitrogens is 1. The summed E-state index contributed by atoms with van der Waals surface area (Å²) in [5.41, 5.74) is -2.19. The molecule has 1 heterocycles. The molecule has 0 aromatic carbocycles. The number of alkyl halides is 3. The van der Waals surface area contributed by atoms with E-state index in [9.17, 15) is 23.3 Å². The number of anilines is 1. The highest BCUT2D eigenvalue weighted by atomic mass is 19.4. The summed E-state index contributed by atoms with van der Waals surface area (Å²) in [5.74, 6) is -0.324. The van der Waals surface area contributed by atoms with Crippen LogP contribution in [0.3, 0.4) is 0 Å². The molecule has 2 rings (SSSR count). The van der Waals surface area contributed by atoms with Crippen molar-refractivity contribution in [2.45, 2.75) is 31.5 Å². The Morgan fingerprint density at radius 1 is 1.50 bits per heavy atom. The van der Waals surface area contributed by atoms with Gasteiger partial charge in [-0.25, -0.2) is 4.98 Å². The van der Waals surface area contributed by atoms with Crippen LogP contribution in [0.5, 0.6) is 0 Å². The van der Waals surface area contributed by atoms with E-state index in [1.807, 2.05) is 0 Å². The lowest BCUT2D eigenvalue weighted by atomic mass is 10.2. The van der Waals surface area contributed by atoms with Gasteiger partial charge in [0, 0.05) is 11.8 Å². The van der Waals surface area contributed by atoms with Crippen LogP contribution in [0.1, 0.15) is 18.4 Å². The zero-order chi connectivity index (χ0) is 13.6. The zero-order valence-electron chi connectivity index (χ0n) is 9.41. The lowest BCUT2D eigenvalue weighted by molar-refractivity contribution is -0.384. The van der Waals surface area contributed by atoms with Crippen molar-refractivity contribution in [3.05, 3.63) is 27.9 Å². The Balaban J connectivity index is 2.36. The smallest absolute Gasteiger partial charge is 0.350 e. The van der Waals surface area contributed by atoms with Gasteiger partial charge in [0.25, 0.3) is 0 Å². The zero-order valence-corrected chi connectivity index (χ0v) is 9.41. The van der Waals surface area contributed by atoms with Gasteiger partial charge in [-0.15, -0.1) is 0 Å². The van der Waals surface area contributed by atoms with Crippen LogP contribution in [0.25, 0.3) is 0 Å². The van der Waals surface area contributed by atoms with Crippen molar-refractivity contribution in [3.8, 4) is 0 Å². The topological polar surface area (TPSA) is 68.1 Å². The highest BCUT2D eigenvalue weighted by Gasteiger charge is 2.64. The Morgan fingerprint density at radius 2 is 2.11 bits per heavy atom. The van der Waals surface area contributed by atoms with Gasteiger partial charge >= 0.3 is 11.9 Å². The second-order valence-corrected chi connectivity index (χ2v) is 4.29. The fourth-order valence-corrected chi connectivity index (χ4v) is 1.70. The first-order valence-corrected chi connectivity index (χ1v) is 5.22. The van der Waals surface area contributed by atoms with Gasteiger partial charge in [-0.05, 0) is 25.8 Å². The van der Waals surface area contributed by atoms with Gasteiger partial charge in [-0.2, -0.15) is 13.2 Å². The molecule has 0 saturated heterocycles. The summed E-state index contributed by atoms with van der Waals surface area (Å²) in [6, 6.07) is 1.39. The molecule has 98 valence electrons. The summed E-state index contributed by atoms with van der Waals surface area (Å²) in [7, 11) is 0. The number of nitro groups is 1. The van der Waals surface area contributed by atoms with E-state index in [1.54, 1.807) is 0 Å².